The minimum Gasteiger partial charge on any atom is -0.349 e. The average molecular weight is 534 g/mol. The minimum absolute atomic E-state index is 0.0675. The molecule has 2 aliphatic heterocycles. The Bertz CT molecular complexity index is 1140. The molecular formula is C20H21BFIN6O2. The van der Waals surface area contributed by atoms with Crippen LogP contribution >= 0.6 is 23.0 Å². The summed E-state index contributed by atoms with van der Waals surface area (Å²) >= 11 is 1.86. The summed E-state index contributed by atoms with van der Waals surface area (Å²) in [6, 6.07) is 6.73. The van der Waals surface area contributed by atoms with Crippen molar-refractivity contribution in [1.29, 1.82) is 0 Å². The van der Waals surface area contributed by atoms with Crippen LogP contribution in [0.3, 0.4) is 0 Å². The van der Waals surface area contributed by atoms with Crippen LogP contribution in [0.2, 0.25) is 0 Å². The Hall–Kier alpha value is -2.41. The van der Waals surface area contributed by atoms with E-state index in [9.17, 15) is 9.18 Å². The Balaban J connectivity index is 1.41. The molecule has 1 unspecified atom stereocenters. The highest BCUT2D eigenvalue weighted by molar-refractivity contribution is 14.1. The van der Waals surface area contributed by atoms with Crippen molar-refractivity contribution >= 4 is 59.5 Å². The van der Waals surface area contributed by atoms with Crippen molar-refractivity contribution in [3.63, 3.8) is 0 Å². The predicted molar refractivity (Wildman–Crippen MR) is 126 cm³/mol. The van der Waals surface area contributed by atoms with Gasteiger partial charge in [-0.2, -0.15) is 5.10 Å². The average Bonchev–Trinajstić information content (AvgIpc) is 3.36. The number of nitrogens with zero attached hydrogens (tertiary/aromatic N) is 5. The Morgan fingerprint density at radius 2 is 2.16 bits per heavy atom. The van der Waals surface area contributed by atoms with Crippen molar-refractivity contribution in [1.82, 2.24) is 19.5 Å². The first kappa shape index (κ1) is 20.5. The number of rotatable bonds is 4. The van der Waals surface area contributed by atoms with E-state index in [1.54, 1.807) is 21.7 Å². The maximum absolute atomic E-state index is 13.9. The zero-order valence-electron chi connectivity index (χ0n) is 17.0. The fraction of sp³-hybridized carbons (Fsp3) is 0.350. The summed E-state index contributed by atoms with van der Waals surface area (Å²) in [5.74, 6) is 0.565. The molecule has 0 saturated carbocycles. The van der Waals surface area contributed by atoms with Crippen LogP contribution in [0.1, 0.15) is 24.4 Å². The van der Waals surface area contributed by atoms with Gasteiger partial charge in [0.05, 0.1) is 25.3 Å². The van der Waals surface area contributed by atoms with Gasteiger partial charge in [-0.1, -0.05) is 11.5 Å². The number of urea groups is 1. The van der Waals surface area contributed by atoms with E-state index in [-0.39, 0.29) is 24.0 Å². The maximum Gasteiger partial charge on any atom is 0.322 e. The SMILES string of the molecule is Bc1ccc(F)cc1C1CCCN1c1ccn2ncc(NC(=O)N3CC(OI)C3)c2n1. The van der Waals surface area contributed by atoms with E-state index < -0.39 is 0 Å². The Morgan fingerprint density at radius 3 is 2.97 bits per heavy atom. The maximum atomic E-state index is 13.9. The number of hydrogen-bond donors (Lipinski definition) is 1. The van der Waals surface area contributed by atoms with E-state index in [0.29, 0.717) is 24.4 Å². The van der Waals surface area contributed by atoms with Gasteiger partial charge >= 0.3 is 6.03 Å². The van der Waals surface area contributed by atoms with E-state index in [1.165, 1.54) is 6.07 Å². The smallest absolute Gasteiger partial charge is 0.322 e. The molecule has 2 aliphatic rings. The van der Waals surface area contributed by atoms with Crippen molar-refractivity contribution < 1.29 is 12.3 Å². The molecule has 2 fully saturated rings. The highest BCUT2D eigenvalue weighted by atomic mass is 127. The first-order chi connectivity index (χ1) is 15.0. The monoisotopic (exact) mass is 534 g/mol. The van der Waals surface area contributed by atoms with Crippen LogP contribution in [0.25, 0.3) is 5.65 Å². The van der Waals surface area contributed by atoms with E-state index >= 15 is 0 Å². The molecule has 2 saturated heterocycles. The van der Waals surface area contributed by atoms with Crippen molar-refractivity contribution in [2.24, 2.45) is 0 Å². The lowest BCUT2D eigenvalue weighted by molar-refractivity contribution is 0.0800. The van der Waals surface area contributed by atoms with E-state index in [4.69, 9.17) is 8.05 Å². The molecule has 1 aromatic carbocycles. The fourth-order valence-corrected chi connectivity index (χ4v) is 4.62. The van der Waals surface area contributed by atoms with E-state index in [0.717, 1.165) is 36.2 Å². The third-order valence-electron chi connectivity index (χ3n) is 6.00. The zero-order valence-corrected chi connectivity index (χ0v) is 19.1. The number of aromatic nitrogens is 3. The van der Waals surface area contributed by atoms with Gasteiger partial charge in [0.25, 0.3) is 0 Å². The van der Waals surface area contributed by atoms with Crippen LogP contribution in [0.4, 0.5) is 20.7 Å². The number of likely N-dealkylation sites (tertiary alicyclic amines) is 1. The molecule has 4 heterocycles. The van der Waals surface area contributed by atoms with Gasteiger partial charge in [0.1, 0.15) is 54.3 Å². The summed E-state index contributed by atoms with van der Waals surface area (Å²) in [5.41, 5.74) is 3.20. The molecule has 11 heteroatoms. The van der Waals surface area contributed by atoms with Gasteiger partial charge in [-0.25, -0.2) is 18.7 Å². The van der Waals surface area contributed by atoms with Crippen LogP contribution < -0.4 is 15.7 Å². The standard InChI is InChI=1S/C20H21BFIN6O2/c21-15-4-3-12(22)8-14(15)17-2-1-6-28(17)18-5-7-29-19(26-18)16(9-24-29)25-20(30)27-10-13(11-27)31-23/h3-5,7-9,13,17H,1-2,6,10-11,21H2,(H,25,30). The molecular weight excluding hydrogens is 513 g/mol. The van der Waals surface area contributed by atoms with Crippen LogP contribution in [0, 0.1) is 5.82 Å². The Kier molecular flexibility index (Phi) is 5.46. The number of nitrogens with one attached hydrogen (secondary N) is 1. The summed E-state index contributed by atoms with van der Waals surface area (Å²) in [7, 11) is 2.01. The number of anilines is 2. The van der Waals surface area contributed by atoms with Crippen molar-refractivity contribution in [3.8, 4) is 0 Å². The molecule has 2 amide bonds. The second-order valence-electron chi connectivity index (χ2n) is 8.01. The first-order valence-corrected chi connectivity index (χ1v) is 11.1. The third kappa shape index (κ3) is 3.84. The summed E-state index contributed by atoms with van der Waals surface area (Å²) in [4.78, 5) is 21.2. The number of halogens is 2. The predicted octanol–water partition coefficient (Wildman–Crippen LogP) is 2.05. The van der Waals surface area contributed by atoms with Gasteiger partial charge in [0, 0.05) is 12.7 Å². The molecule has 1 N–H and O–H groups in total. The molecule has 1 atom stereocenters. The molecule has 8 nitrogen and oxygen atoms in total. The lowest BCUT2D eigenvalue weighted by atomic mass is 9.86. The topological polar surface area (TPSA) is 75.0 Å². The van der Waals surface area contributed by atoms with Gasteiger partial charge in [0.2, 0.25) is 0 Å². The highest BCUT2D eigenvalue weighted by Crippen LogP contribution is 2.35. The van der Waals surface area contributed by atoms with Gasteiger partial charge in [0.15, 0.2) is 5.65 Å². The summed E-state index contributed by atoms with van der Waals surface area (Å²) in [5, 5.41) is 7.21. The number of carbonyl (C=O) groups excluding carboxylic acids is 1. The molecule has 31 heavy (non-hydrogen) atoms. The largest absolute Gasteiger partial charge is 0.349 e. The first-order valence-electron chi connectivity index (χ1n) is 10.2. The molecule has 0 radical (unpaired) electrons. The second kappa shape index (κ2) is 8.27. The zero-order chi connectivity index (χ0) is 21.5. The number of fused-ring (bicyclic) bond motifs is 1. The van der Waals surface area contributed by atoms with Crippen molar-refractivity contribution in [3.05, 3.63) is 48.0 Å². The Morgan fingerprint density at radius 1 is 1.32 bits per heavy atom. The quantitative estimate of drug-likeness (QED) is 0.410. The van der Waals surface area contributed by atoms with Crippen LogP contribution in [0.5, 0.6) is 0 Å². The number of hydrogen-bond acceptors (Lipinski definition) is 5. The highest BCUT2D eigenvalue weighted by Gasteiger charge is 2.32. The lowest BCUT2D eigenvalue weighted by Gasteiger charge is -2.36. The van der Waals surface area contributed by atoms with Gasteiger partial charge in [-0.15, -0.1) is 0 Å². The van der Waals surface area contributed by atoms with E-state index in [1.807, 2.05) is 49.2 Å². The number of carbonyl (C=O) groups is 1. The number of amides is 2. The van der Waals surface area contributed by atoms with Crippen molar-refractivity contribution in [2.75, 3.05) is 29.9 Å². The lowest BCUT2D eigenvalue weighted by Crippen LogP contribution is -2.55. The van der Waals surface area contributed by atoms with Gasteiger partial charge < -0.3 is 18.2 Å². The van der Waals surface area contributed by atoms with Gasteiger partial charge in [-0.3, -0.25) is 0 Å². The van der Waals surface area contributed by atoms with Crippen LogP contribution in [-0.2, 0) is 3.07 Å². The van der Waals surface area contributed by atoms with Crippen molar-refractivity contribution in [2.45, 2.75) is 25.0 Å². The molecule has 5 rings (SSSR count). The van der Waals surface area contributed by atoms with Crippen LogP contribution in [-0.4, -0.2) is 59.1 Å². The number of benzene rings is 1. The molecule has 3 aromatic rings. The molecule has 0 spiro atoms. The molecule has 0 bridgehead atoms. The Labute approximate surface area is 193 Å². The normalized spacial score (nSPS) is 19.1. The molecule has 0 aliphatic carbocycles. The summed E-state index contributed by atoms with van der Waals surface area (Å²) in [6.45, 7) is 1.97. The minimum atomic E-state index is -0.224. The summed E-state index contributed by atoms with van der Waals surface area (Å²) < 4.78 is 20.8. The summed E-state index contributed by atoms with van der Waals surface area (Å²) in [6.07, 6.45) is 5.47. The fourth-order valence-electron chi connectivity index (χ4n) is 4.30. The molecule has 160 valence electrons. The molecule has 2 aromatic heterocycles. The third-order valence-corrected chi connectivity index (χ3v) is 6.72. The van der Waals surface area contributed by atoms with E-state index in [2.05, 4.69) is 15.3 Å². The van der Waals surface area contributed by atoms with Gasteiger partial charge in [-0.05, 0) is 36.6 Å². The van der Waals surface area contributed by atoms with Crippen LogP contribution in [0.15, 0.2) is 36.7 Å². The second-order valence-corrected chi connectivity index (χ2v) is 8.52.